The molecule has 0 spiro atoms. The zero-order chi connectivity index (χ0) is 17.1. The number of nitrogen functional groups attached to an aromatic ring is 1. The molecule has 0 saturated heterocycles. The number of aromatic nitrogens is 3. The second kappa shape index (κ2) is 6.69. The van der Waals surface area contributed by atoms with Crippen LogP contribution in [0.4, 0.5) is 5.82 Å². The molecular weight excluding hydrogens is 310 g/mol. The van der Waals surface area contributed by atoms with Crippen molar-refractivity contribution in [2.24, 2.45) is 0 Å². The standard InChI is InChI=1S/C16H19N5O3/c17-14-4-2-11(9-18-14)16(24)20-6-1-7-21-13(10-20)8-12(19-21)3-5-15(22)23/h2,4,8-9H,1,3,5-7,10H2,(H2,17,18)(H,22,23). The van der Waals surface area contributed by atoms with Gasteiger partial charge in [-0.3, -0.25) is 14.3 Å². The number of fused-ring (bicyclic) bond motifs is 1. The molecule has 1 aliphatic rings. The van der Waals surface area contributed by atoms with Crippen LogP contribution in [0.2, 0.25) is 0 Å². The van der Waals surface area contributed by atoms with Gasteiger partial charge in [0.1, 0.15) is 5.82 Å². The van der Waals surface area contributed by atoms with E-state index in [0.29, 0.717) is 37.4 Å². The Morgan fingerprint density at radius 1 is 1.29 bits per heavy atom. The van der Waals surface area contributed by atoms with Crippen LogP contribution in [0.25, 0.3) is 0 Å². The maximum absolute atomic E-state index is 12.6. The second-order valence-electron chi connectivity index (χ2n) is 5.80. The first-order chi connectivity index (χ1) is 11.5. The van der Waals surface area contributed by atoms with Crippen molar-refractivity contribution in [2.45, 2.75) is 32.4 Å². The SMILES string of the molecule is Nc1ccc(C(=O)N2CCCn3nc(CCC(=O)O)cc3C2)cn1. The van der Waals surface area contributed by atoms with Crippen molar-refractivity contribution in [3.63, 3.8) is 0 Å². The van der Waals surface area contributed by atoms with Crippen LogP contribution in [-0.4, -0.2) is 43.2 Å². The number of aryl methyl sites for hydroxylation is 2. The fourth-order valence-corrected chi connectivity index (χ4v) is 2.77. The van der Waals surface area contributed by atoms with Gasteiger partial charge in [-0.2, -0.15) is 5.10 Å². The molecule has 2 aromatic rings. The molecule has 24 heavy (non-hydrogen) atoms. The van der Waals surface area contributed by atoms with Crippen LogP contribution in [0.15, 0.2) is 24.4 Å². The fourth-order valence-electron chi connectivity index (χ4n) is 2.77. The van der Waals surface area contributed by atoms with E-state index < -0.39 is 5.97 Å². The summed E-state index contributed by atoms with van der Waals surface area (Å²) in [4.78, 5) is 29.0. The number of aliphatic carboxylic acids is 1. The average Bonchev–Trinajstić information content (AvgIpc) is 2.83. The third kappa shape index (κ3) is 3.53. The molecule has 8 heteroatoms. The number of nitrogens with two attached hydrogens (primary N) is 1. The maximum atomic E-state index is 12.6. The van der Waals surface area contributed by atoms with E-state index in [1.165, 1.54) is 6.20 Å². The number of hydrogen-bond donors (Lipinski definition) is 2. The van der Waals surface area contributed by atoms with Crippen molar-refractivity contribution in [3.05, 3.63) is 41.3 Å². The third-order valence-corrected chi connectivity index (χ3v) is 3.98. The largest absolute Gasteiger partial charge is 0.481 e. The average molecular weight is 329 g/mol. The number of carbonyl (C=O) groups excluding carboxylic acids is 1. The number of anilines is 1. The van der Waals surface area contributed by atoms with Gasteiger partial charge in [-0.15, -0.1) is 0 Å². The lowest BCUT2D eigenvalue weighted by Crippen LogP contribution is -2.30. The fraction of sp³-hybridized carbons (Fsp3) is 0.375. The molecule has 0 bridgehead atoms. The van der Waals surface area contributed by atoms with E-state index in [0.717, 1.165) is 17.8 Å². The summed E-state index contributed by atoms with van der Waals surface area (Å²) in [5.74, 6) is -0.557. The molecule has 0 aliphatic carbocycles. The van der Waals surface area contributed by atoms with E-state index in [1.807, 2.05) is 10.7 Å². The van der Waals surface area contributed by atoms with Crippen LogP contribution >= 0.6 is 0 Å². The summed E-state index contributed by atoms with van der Waals surface area (Å²) in [6, 6.07) is 5.17. The molecule has 0 atom stereocenters. The smallest absolute Gasteiger partial charge is 0.303 e. The normalized spacial score (nSPS) is 14.1. The lowest BCUT2D eigenvalue weighted by molar-refractivity contribution is -0.136. The monoisotopic (exact) mass is 329 g/mol. The highest BCUT2D eigenvalue weighted by molar-refractivity contribution is 5.94. The molecule has 3 heterocycles. The van der Waals surface area contributed by atoms with Gasteiger partial charge in [0.25, 0.3) is 5.91 Å². The van der Waals surface area contributed by atoms with Gasteiger partial charge in [0.2, 0.25) is 0 Å². The van der Waals surface area contributed by atoms with E-state index >= 15 is 0 Å². The number of rotatable bonds is 4. The highest BCUT2D eigenvalue weighted by atomic mass is 16.4. The molecule has 0 aromatic carbocycles. The minimum absolute atomic E-state index is 0.0518. The van der Waals surface area contributed by atoms with Gasteiger partial charge in [-0.05, 0) is 24.6 Å². The van der Waals surface area contributed by atoms with E-state index in [-0.39, 0.29) is 12.3 Å². The summed E-state index contributed by atoms with van der Waals surface area (Å²) in [7, 11) is 0. The van der Waals surface area contributed by atoms with Gasteiger partial charge in [0, 0.05) is 25.7 Å². The predicted molar refractivity (Wildman–Crippen MR) is 86.2 cm³/mol. The Kier molecular flexibility index (Phi) is 4.45. The van der Waals surface area contributed by atoms with Gasteiger partial charge in [0.15, 0.2) is 0 Å². The van der Waals surface area contributed by atoms with Crippen molar-refractivity contribution < 1.29 is 14.7 Å². The summed E-state index contributed by atoms with van der Waals surface area (Å²) in [6.07, 6.45) is 2.72. The number of carboxylic acids is 1. The van der Waals surface area contributed by atoms with Crippen LogP contribution in [0.5, 0.6) is 0 Å². The highest BCUT2D eigenvalue weighted by Crippen LogP contribution is 2.17. The van der Waals surface area contributed by atoms with Crippen molar-refractivity contribution in [2.75, 3.05) is 12.3 Å². The molecule has 126 valence electrons. The van der Waals surface area contributed by atoms with Gasteiger partial charge < -0.3 is 15.7 Å². The summed E-state index contributed by atoms with van der Waals surface area (Å²) < 4.78 is 1.87. The minimum atomic E-state index is -0.842. The van der Waals surface area contributed by atoms with E-state index in [9.17, 15) is 9.59 Å². The Balaban J connectivity index is 1.75. The summed E-state index contributed by atoms with van der Waals surface area (Å²) in [6.45, 7) is 1.80. The Labute approximate surface area is 138 Å². The van der Waals surface area contributed by atoms with Crippen LogP contribution < -0.4 is 5.73 Å². The second-order valence-corrected chi connectivity index (χ2v) is 5.80. The van der Waals surface area contributed by atoms with Gasteiger partial charge >= 0.3 is 5.97 Å². The molecule has 3 rings (SSSR count). The minimum Gasteiger partial charge on any atom is -0.481 e. The summed E-state index contributed by atoms with van der Waals surface area (Å²) in [5, 5.41) is 13.2. The first kappa shape index (κ1) is 16.0. The predicted octanol–water partition coefficient (Wildman–Crippen LogP) is 0.924. The first-order valence-corrected chi connectivity index (χ1v) is 7.81. The molecule has 0 saturated carbocycles. The Morgan fingerprint density at radius 2 is 2.12 bits per heavy atom. The Morgan fingerprint density at radius 3 is 2.83 bits per heavy atom. The topological polar surface area (TPSA) is 114 Å². The van der Waals surface area contributed by atoms with Crippen molar-refractivity contribution >= 4 is 17.7 Å². The Hall–Kier alpha value is -2.90. The zero-order valence-electron chi connectivity index (χ0n) is 13.2. The zero-order valence-corrected chi connectivity index (χ0v) is 13.2. The molecule has 0 fully saturated rings. The van der Waals surface area contributed by atoms with Crippen LogP contribution in [-0.2, 0) is 24.3 Å². The number of amides is 1. The summed E-state index contributed by atoms with van der Waals surface area (Å²) in [5.41, 5.74) is 7.73. The quantitative estimate of drug-likeness (QED) is 0.862. The summed E-state index contributed by atoms with van der Waals surface area (Å²) >= 11 is 0. The van der Waals surface area contributed by atoms with Gasteiger partial charge in [-0.25, -0.2) is 4.98 Å². The highest BCUT2D eigenvalue weighted by Gasteiger charge is 2.22. The number of pyridine rings is 1. The lowest BCUT2D eigenvalue weighted by atomic mass is 10.2. The van der Waals surface area contributed by atoms with Crippen molar-refractivity contribution in [3.8, 4) is 0 Å². The number of hydrogen-bond acceptors (Lipinski definition) is 5. The van der Waals surface area contributed by atoms with Gasteiger partial charge in [0.05, 0.1) is 29.9 Å². The molecule has 0 radical (unpaired) electrons. The van der Waals surface area contributed by atoms with Gasteiger partial charge in [-0.1, -0.05) is 0 Å². The first-order valence-electron chi connectivity index (χ1n) is 7.81. The third-order valence-electron chi connectivity index (χ3n) is 3.98. The molecule has 1 amide bonds. The lowest BCUT2D eigenvalue weighted by Gasteiger charge is -2.19. The molecular formula is C16H19N5O3. The van der Waals surface area contributed by atoms with E-state index in [2.05, 4.69) is 10.1 Å². The molecule has 0 unspecified atom stereocenters. The van der Waals surface area contributed by atoms with E-state index in [4.69, 9.17) is 10.8 Å². The maximum Gasteiger partial charge on any atom is 0.303 e. The van der Waals surface area contributed by atoms with Crippen LogP contribution in [0, 0.1) is 0 Å². The number of carboxylic acid groups (broad SMARTS) is 1. The molecule has 8 nitrogen and oxygen atoms in total. The number of carbonyl (C=O) groups is 2. The van der Waals surface area contributed by atoms with Crippen molar-refractivity contribution in [1.29, 1.82) is 0 Å². The van der Waals surface area contributed by atoms with Crippen LogP contribution in [0.1, 0.15) is 34.6 Å². The number of nitrogens with zero attached hydrogens (tertiary/aromatic N) is 4. The molecule has 3 N–H and O–H groups in total. The Bertz CT molecular complexity index is 754. The van der Waals surface area contributed by atoms with E-state index in [1.54, 1.807) is 17.0 Å². The molecule has 2 aromatic heterocycles. The van der Waals surface area contributed by atoms with Crippen molar-refractivity contribution in [1.82, 2.24) is 19.7 Å². The van der Waals surface area contributed by atoms with Crippen LogP contribution in [0.3, 0.4) is 0 Å². The molecule has 1 aliphatic heterocycles.